The van der Waals surface area contributed by atoms with Gasteiger partial charge in [-0.05, 0) is 6.07 Å². The van der Waals surface area contributed by atoms with E-state index in [4.69, 9.17) is 5.73 Å². The number of carbonyl (C=O) groups excluding carboxylic acids is 1. The number of hydrogen-bond donors (Lipinski definition) is 2. The van der Waals surface area contributed by atoms with Crippen molar-refractivity contribution in [2.24, 2.45) is 0 Å². The van der Waals surface area contributed by atoms with Gasteiger partial charge >= 0.3 is 0 Å². The molecule has 15 heavy (non-hydrogen) atoms. The van der Waals surface area contributed by atoms with Gasteiger partial charge in [0, 0.05) is 18.2 Å². The highest BCUT2D eigenvalue weighted by atomic mass is 32.2. The molecule has 0 atom stereocenters. The Labute approximate surface area is 93.0 Å². The van der Waals surface area contributed by atoms with Crippen molar-refractivity contribution in [3.05, 3.63) is 29.8 Å². The summed E-state index contributed by atoms with van der Waals surface area (Å²) in [4.78, 5) is 10.6. The van der Waals surface area contributed by atoms with E-state index in [1.165, 1.54) is 18.7 Å². The minimum absolute atomic E-state index is 0.0800. The van der Waals surface area contributed by atoms with Gasteiger partial charge in [0.2, 0.25) is 0 Å². The van der Waals surface area contributed by atoms with Gasteiger partial charge in [0.05, 0.1) is 5.69 Å². The first kappa shape index (κ1) is 11.7. The summed E-state index contributed by atoms with van der Waals surface area (Å²) in [6.07, 6.45) is 3.57. The fraction of sp³-hybridized carbons (Fsp3) is 0.182. The van der Waals surface area contributed by atoms with Crippen LogP contribution < -0.4 is 5.73 Å². The Morgan fingerprint density at radius 1 is 1.60 bits per heavy atom. The van der Waals surface area contributed by atoms with Crippen LogP contribution in [-0.4, -0.2) is 16.0 Å². The summed E-state index contributed by atoms with van der Waals surface area (Å²) in [5.41, 5.74) is 6.55. The van der Waals surface area contributed by atoms with Gasteiger partial charge in [-0.3, -0.25) is 4.79 Å². The molecular formula is C11H13NO2S. The maximum atomic E-state index is 10.6. The number of nitrogen functional groups attached to an aromatic ring is 1. The monoisotopic (exact) mass is 223 g/mol. The third-order valence-corrected chi connectivity index (χ3v) is 2.54. The van der Waals surface area contributed by atoms with E-state index < -0.39 is 0 Å². The summed E-state index contributed by atoms with van der Waals surface area (Å²) in [7, 11) is 0. The molecule has 3 N–H and O–H groups in total. The molecule has 0 saturated heterocycles. The Kier molecular flexibility index (Phi) is 4.24. The standard InChI is InChI=1S/C11H13NO2S/c1-8(13)15-7-3-5-9-4-2-6-10(12)11(9)14/h2-6,14H,7,12H2,1H3. The predicted molar refractivity (Wildman–Crippen MR) is 64.7 cm³/mol. The lowest BCUT2D eigenvalue weighted by Gasteiger charge is -2.01. The Morgan fingerprint density at radius 3 is 3.00 bits per heavy atom. The topological polar surface area (TPSA) is 63.3 Å². The molecule has 0 unspecified atom stereocenters. The van der Waals surface area contributed by atoms with Crippen molar-refractivity contribution in [3.8, 4) is 5.75 Å². The van der Waals surface area contributed by atoms with Crippen molar-refractivity contribution < 1.29 is 9.90 Å². The molecule has 0 aliphatic rings. The molecule has 0 bridgehead atoms. The Morgan fingerprint density at radius 2 is 2.33 bits per heavy atom. The molecular weight excluding hydrogens is 210 g/mol. The zero-order valence-corrected chi connectivity index (χ0v) is 9.25. The largest absolute Gasteiger partial charge is 0.505 e. The number of para-hydroxylation sites is 1. The van der Waals surface area contributed by atoms with Gasteiger partial charge in [-0.1, -0.05) is 36.0 Å². The van der Waals surface area contributed by atoms with Gasteiger partial charge in [-0.25, -0.2) is 0 Å². The molecule has 0 spiro atoms. The second-order valence-corrected chi connectivity index (χ2v) is 4.19. The number of thioether (sulfide) groups is 1. The van der Waals surface area contributed by atoms with Crippen LogP contribution in [0.2, 0.25) is 0 Å². The molecule has 4 heteroatoms. The Balaban J connectivity index is 2.64. The molecule has 0 aliphatic carbocycles. The van der Waals surface area contributed by atoms with Gasteiger partial charge < -0.3 is 10.8 Å². The van der Waals surface area contributed by atoms with Crippen molar-refractivity contribution in [3.63, 3.8) is 0 Å². The van der Waals surface area contributed by atoms with Crippen molar-refractivity contribution >= 4 is 28.6 Å². The summed E-state index contributed by atoms with van der Waals surface area (Å²) >= 11 is 1.22. The van der Waals surface area contributed by atoms with E-state index in [1.54, 1.807) is 24.3 Å². The third kappa shape index (κ3) is 3.67. The number of hydrogen-bond acceptors (Lipinski definition) is 4. The van der Waals surface area contributed by atoms with E-state index in [0.717, 1.165) is 0 Å². The maximum absolute atomic E-state index is 10.6. The van der Waals surface area contributed by atoms with Crippen LogP contribution in [0.15, 0.2) is 24.3 Å². The first-order valence-electron chi connectivity index (χ1n) is 4.48. The number of phenolic OH excluding ortho intramolecular Hbond substituents is 1. The Bertz CT molecular complexity index is 388. The molecule has 0 aromatic heterocycles. The number of carbonyl (C=O) groups is 1. The molecule has 1 rings (SSSR count). The quantitative estimate of drug-likeness (QED) is 0.609. The summed E-state index contributed by atoms with van der Waals surface area (Å²) in [5, 5.41) is 9.64. The lowest BCUT2D eigenvalue weighted by molar-refractivity contribution is -0.109. The van der Waals surface area contributed by atoms with Crippen LogP contribution in [0.4, 0.5) is 5.69 Å². The molecule has 0 heterocycles. The van der Waals surface area contributed by atoms with E-state index in [1.807, 2.05) is 6.08 Å². The van der Waals surface area contributed by atoms with Gasteiger partial charge in [0.15, 0.2) is 5.12 Å². The van der Waals surface area contributed by atoms with Crippen LogP contribution in [-0.2, 0) is 4.79 Å². The molecule has 0 fully saturated rings. The molecule has 0 aliphatic heterocycles. The van der Waals surface area contributed by atoms with E-state index in [2.05, 4.69) is 0 Å². The molecule has 1 aromatic rings. The normalized spacial score (nSPS) is 10.7. The van der Waals surface area contributed by atoms with Crippen LogP contribution >= 0.6 is 11.8 Å². The summed E-state index contributed by atoms with van der Waals surface area (Å²) in [6, 6.07) is 5.17. The third-order valence-electron chi connectivity index (χ3n) is 1.78. The van der Waals surface area contributed by atoms with E-state index in [-0.39, 0.29) is 10.9 Å². The molecule has 0 amide bonds. The van der Waals surface area contributed by atoms with E-state index in [0.29, 0.717) is 17.0 Å². The first-order valence-corrected chi connectivity index (χ1v) is 5.47. The second kappa shape index (κ2) is 5.46. The average molecular weight is 223 g/mol. The molecule has 0 saturated carbocycles. The summed E-state index contributed by atoms with van der Waals surface area (Å²) in [6.45, 7) is 1.52. The minimum atomic E-state index is 0.0800. The predicted octanol–water partition coefficient (Wildman–Crippen LogP) is 2.27. The van der Waals surface area contributed by atoms with Crippen LogP contribution in [0.1, 0.15) is 12.5 Å². The van der Waals surface area contributed by atoms with Crippen molar-refractivity contribution in [1.82, 2.24) is 0 Å². The molecule has 1 aromatic carbocycles. The fourth-order valence-electron chi connectivity index (χ4n) is 1.06. The number of phenols is 1. The number of nitrogens with two attached hydrogens (primary N) is 1. The summed E-state index contributed by atoms with van der Waals surface area (Å²) < 4.78 is 0. The lowest BCUT2D eigenvalue weighted by Crippen LogP contribution is -1.87. The van der Waals surface area contributed by atoms with Crippen molar-refractivity contribution in [1.29, 1.82) is 0 Å². The van der Waals surface area contributed by atoms with Gasteiger partial charge in [0.1, 0.15) is 5.75 Å². The first-order chi connectivity index (χ1) is 7.11. The molecule has 3 nitrogen and oxygen atoms in total. The van der Waals surface area contributed by atoms with Crippen LogP contribution in [0.3, 0.4) is 0 Å². The summed E-state index contributed by atoms with van der Waals surface area (Å²) in [5.74, 6) is 0.686. The highest BCUT2D eigenvalue weighted by molar-refractivity contribution is 8.13. The highest BCUT2D eigenvalue weighted by Gasteiger charge is 1.99. The average Bonchev–Trinajstić information content (AvgIpc) is 2.18. The van der Waals surface area contributed by atoms with E-state index in [9.17, 15) is 9.90 Å². The van der Waals surface area contributed by atoms with Crippen LogP contribution in [0.25, 0.3) is 6.08 Å². The minimum Gasteiger partial charge on any atom is -0.505 e. The van der Waals surface area contributed by atoms with Crippen LogP contribution in [0, 0.1) is 0 Å². The van der Waals surface area contributed by atoms with Gasteiger partial charge in [-0.15, -0.1) is 0 Å². The van der Waals surface area contributed by atoms with Crippen molar-refractivity contribution in [2.75, 3.05) is 11.5 Å². The zero-order valence-electron chi connectivity index (χ0n) is 8.43. The zero-order chi connectivity index (χ0) is 11.3. The Hall–Kier alpha value is -1.42. The highest BCUT2D eigenvalue weighted by Crippen LogP contribution is 2.25. The lowest BCUT2D eigenvalue weighted by atomic mass is 10.1. The second-order valence-electron chi connectivity index (χ2n) is 2.99. The number of anilines is 1. The maximum Gasteiger partial charge on any atom is 0.186 e. The van der Waals surface area contributed by atoms with Gasteiger partial charge in [0.25, 0.3) is 0 Å². The fourth-order valence-corrected chi connectivity index (χ4v) is 1.48. The number of rotatable bonds is 3. The number of benzene rings is 1. The van der Waals surface area contributed by atoms with Crippen molar-refractivity contribution in [2.45, 2.75) is 6.92 Å². The SMILES string of the molecule is CC(=O)SCC=Cc1cccc(N)c1O. The molecule has 0 radical (unpaired) electrons. The molecule has 80 valence electrons. The van der Waals surface area contributed by atoms with E-state index >= 15 is 0 Å². The smallest absolute Gasteiger partial charge is 0.186 e. The number of aromatic hydroxyl groups is 1. The van der Waals surface area contributed by atoms with Gasteiger partial charge in [-0.2, -0.15) is 0 Å². The van der Waals surface area contributed by atoms with Crippen LogP contribution in [0.5, 0.6) is 5.75 Å².